The van der Waals surface area contributed by atoms with Crippen molar-refractivity contribution >= 4 is 11.9 Å². The molecule has 2 fully saturated rings. The van der Waals surface area contributed by atoms with E-state index in [1.807, 2.05) is 24.0 Å². The fraction of sp³-hybridized carbons (Fsp3) is 0.556. The maximum Gasteiger partial charge on any atom is 0.228 e. The lowest BCUT2D eigenvalue weighted by atomic mass is 9.96. The lowest BCUT2D eigenvalue weighted by molar-refractivity contribution is -0.136. The molecule has 0 aromatic carbocycles. The Morgan fingerprint density at radius 3 is 2.76 bits per heavy atom. The number of carbonyl (C=O) groups is 1. The minimum Gasteiger partial charge on any atom is -0.361 e. The first kappa shape index (κ1) is 16.1. The Morgan fingerprint density at radius 1 is 1.20 bits per heavy atom. The molecule has 0 spiro atoms. The van der Waals surface area contributed by atoms with E-state index in [4.69, 9.17) is 4.52 Å². The number of hydrogen-bond donors (Lipinski definition) is 0. The summed E-state index contributed by atoms with van der Waals surface area (Å²) in [5.41, 5.74) is 0.877. The predicted molar refractivity (Wildman–Crippen MR) is 91.9 cm³/mol. The van der Waals surface area contributed by atoms with Gasteiger partial charge in [-0.1, -0.05) is 5.16 Å². The van der Waals surface area contributed by atoms with Crippen LogP contribution in [0.25, 0.3) is 0 Å². The van der Waals surface area contributed by atoms with E-state index >= 15 is 0 Å². The maximum atomic E-state index is 13.2. The summed E-state index contributed by atoms with van der Waals surface area (Å²) in [5, 5.41) is 4.14. The number of aromatic nitrogens is 3. The van der Waals surface area contributed by atoms with Gasteiger partial charge in [0, 0.05) is 38.1 Å². The van der Waals surface area contributed by atoms with Crippen LogP contribution in [0.1, 0.15) is 43.2 Å². The molecule has 0 N–H and O–H groups in total. The summed E-state index contributed by atoms with van der Waals surface area (Å²) < 4.78 is 5.21. The topological polar surface area (TPSA) is 75.4 Å². The van der Waals surface area contributed by atoms with E-state index in [0.29, 0.717) is 12.5 Å². The molecule has 0 aliphatic carbocycles. The SMILES string of the molecule is Cc1cc([C@@H]2CCCN2C(=O)[C@@H]2CCCN(c3ncccn3)C2)no1. The molecule has 2 aliphatic rings. The zero-order chi connectivity index (χ0) is 17.2. The van der Waals surface area contributed by atoms with Crippen LogP contribution >= 0.6 is 0 Å². The van der Waals surface area contributed by atoms with Gasteiger partial charge >= 0.3 is 0 Å². The summed E-state index contributed by atoms with van der Waals surface area (Å²) in [6.07, 6.45) is 7.37. The molecule has 0 unspecified atom stereocenters. The van der Waals surface area contributed by atoms with Crippen molar-refractivity contribution in [3.63, 3.8) is 0 Å². The number of aryl methyl sites for hydroxylation is 1. The molecule has 25 heavy (non-hydrogen) atoms. The van der Waals surface area contributed by atoms with Gasteiger partial charge in [0.1, 0.15) is 11.5 Å². The van der Waals surface area contributed by atoms with Crippen molar-refractivity contribution in [1.29, 1.82) is 0 Å². The van der Waals surface area contributed by atoms with E-state index in [-0.39, 0.29) is 17.9 Å². The Bertz CT molecular complexity index is 732. The Balaban J connectivity index is 1.48. The van der Waals surface area contributed by atoms with Crippen molar-refractivity contribution in [2.45, 2.75) is 38.6 Å². The Labute approximate surface area is 147 Å². The van der Waals surface area contributed by atoms with E-state index in [0.717, 1.165) is 50.2 Å². The third-order valence-electron chi connectivity index (χ3n) is 5.13. The number of nitrogens with zero attached hydrogens (tertiary/aromatic N) is 5. The van der Waals surface area contributed by atoms with Crippen LogP contribution in [0, 0.1) is 12.8 Å². The van der Waals surface area contributed by atoms with Gasteiger partial charge in [-0.3, -0.25) is 4.79 Å². The molecule has 0 radical (unpaired) electrons. The standard InChI is InChI=1S/C18H23N5O2/c1-13-11-15(21-25-13)16-6-3-10-23(16)17(24)14-5-2-9-22(12-14)18-19-7-4-8-20-18/h4,7-8,11,14,16H,2-3,5-6,9-10,12H2,1H3/t14-,16+/m1/s1. The average Bonchev–Trinajstić information content (AvgIpc) is 3.30. The fourth-order valence-corrected chi connectivity index (χ4v) is 3.93. The first-order valence-electron chi connectivity index (χ1n) is 8.98. The molecule has 7 nitrogen and oxygen atoms in total. The van der Waals surface area contributed by atoms with Crippen LogP contribution in [-0.4, -0.2) is 45.6 Å². The Kier molecular flexibility index (Phi) is 4.38. The second-order valence-electron chi connectivity index (χ2n) is 6.89. The largest absolute Gasteiger partial charge is 0.361 e. The number of hydrogen-bond acceptors (Lipinski definition) is 6. The van der Waals surface area contributed by atoms with Gasteiger partial charge in [-0.2, -0.15) is 0 Å². The van der Waals surface area contributed by atoms with Crippen molar-refractivity contribution in [3.05, 3.63) is 36.0 Å². The van der Waals surface area contributed by atoms with Gasteiger partial charge in [-0.15, -0.1) is 0 Å². The molecular formula is C18H23N5O2. The molecule has 7 heteroatoms. The van der Waals surface area contributed by atoms with E-state index < -0.39 is 0 Å². The molecule has 132 valence electrons. The second-order valence-corrected chi connectivity index (χ2v) is 6.89. The normalized spacial score (nSPS) is 23.9. The fourth-order valence-electron chi connectivity index (χ4n) is 3.93. The van der Waals surface area contributed by atoms with E-state index in [2.05, 4.69) is 20.0 Å². The highest BCUT2D eigenvalue weighted by atomic mass is 16.5. The zero-order valence-electron chi connectivity index (χ0n) is 14.5. The molecule has 2 aromatic heterocycles. The summed E-state index contributed by atoms with van der Waals surface area (Å²) in [4.78, 5) is 25.9. The summed E-state index contributed by atoms with van der Waals surface area (Å²) in [5.74, 6) is 1.72. The highest BCUT2D eigenvalue weighted by Crippen LogP contribution is 2.34. The molecule has 4 rings (SSSR count). The quantitative estimate of drug-likeness (QED) is 0.853. The molecule has 0 saturated carbocycles. The Morgan fingerprint density at radius 2 is 2.00 bits per heavy atom. The lowest BCUT2D eigenvalue weighted by Gasteiger charge is -2.35. The first-order chi connectivity index (χ1) is 12.2. The van der Waals surface area contributed by atoms with Gasteiger partial charge in [0.05, 0.1) is 12.0 Å². The van der Waals surface area contributed by atoms with Gasteiger partial charge in [0.2, 0.25) is 11.9 Å². The lowest BCUT2D eigenvalue weighted by Crippen LogP contribution is -2.45. The van der Waals surface area contributed by atoms with Gasteiger partial charge in [0.15, 0.2) is 0 Å². The van der Waals surface area contributed by atoms with Crippen LogP contribution in [-0.2, 0) is 4.79 Å². The van der Waals surface area contributed by atoms with Crippen molar-refractivity contribution in [2.75, 3.05) is 24.5 Å². The number of anilines is 1. The van der Waals surface area contributed by atoms with Crippen LogP contribution in [0.5, 0.6) is 0 Å². The molecule has 2 aromatic rings. The highest BCUT2D eigenvalue weighted by molar-refractivity contribution is 5.80. The summed E-state index contributed by atoms with van der Waals surface area (Å²) in [6.45, 7) is 4.27. The minimum absolute atomic E-state index is 0.00819. The van der Waals surface area contributed by atoms with Crippen LogP contribution in [0.2, 0.25) is 0 Å². The van der Waals surface area contributed by atoms with Crippen LogP contribution in [0.4, 0.5) is 5.95 Å². The smallest absolute Gasteiger partial charge is 0.228 e. The van der Waals surface area contributed by atoms with Gasteiger partial charge in [0.25, 0.3) is 0 Å². The monoisotopic (exact) mass is 341 g/mol. The number of carbonyl (C=O) groups excluding carboxylic acids is 1. The molecule has 4 heterocycles. The summed E-state index contributed by atoms with van der Waals surface area (Å²) in [6, 6.07) is 3.81. The van der Waals surface area contributed by atoms with Crippen LogP contribution in [0.15, 0.2) is 29.0 Å². The van der Waals surface area contributed by atoms with Crippen molar-refractivity contribution in [2.24, 2.45) is 5.92 Å². The molecule has 2 saturated heterocycles. The number of piperidine rings is 1. The van der Waals surface area contributed by atoms with E-state index in [1.165, 1.54) is 0 Å². The molecule has 2 aliphatic heterocycles. The van der Waals surface area contributed by atoms with Crippen molar-refractivity contribution < 1.29 is 9.32 Å². The summed E-state index contributed by atoms with van der Waals surface area (Å²) in [7, 11) is 0. The average molecular weight is 341 g/mol. The van der Waals surface area contributed by atoms with Gasteiger partial charge in [-0.25, -0.2) is 9.97 Å². The predicted octanol–water partition coefficient (Wildman–Crippen LogP) is 2.35. The van der Waals surface area contributed by atoms with Gasteiger partial charge < -0.3 is 14.3 Å². The Hall–Kier alpha value is -2.44. The van der Waals surface area contributed by atoms with Crippen molar-refractivity contribution in [1.82, 2.24) is 20.0 Å². The maximum absolute atomic E-state index is 13.2. The second kappa shape index (κ2) is 6.82. The van der Waals surface area contributed by atoms with E-state index in [1.54, 1.807) is 12.4 Å². The molecule has 1 amide bonds. The molecular weight excluding hydrogens is 318 g/mol. The zero-order valence-corrected chi connectivity index (χ0v) is 14.5. The highest BCUT2D eigenvalue weighted by Gasteiger charge is 2.37. The number of amides is 1. The number of rotatable bonds is 3. The molecule has 2 atom stereocenters. The van der Waals surface area contributed by atoms with Crippen LogP contribution in [0.3, 0.4) is 0 Å². The van der Waals surface area contributed by atoms with Gasteiger partial charge in [-0.05, 0) is 38.7 Å². The number of likely N-dealkylation sites (tertiary alicyclic amines) is 1. The third-order valence-corrected chi connectivity index (χ3v) is 5.13. The van der Waals surface area contributed by atoms with E-state index in [9.17, 15) is 4.79 Å². The first-order valence-corrected chi connectivity index (χ1v) is 8.98. The minimum atomic E-state index is -0.00819. The summed E-state index contributed by atoms with van der Waals surface area (Å²) >= 11 is 0. The van der Waals surface area contributed by atoms with Crippen molar-refractivity contribution in [3.8, 4) is 0 Å². The van der Waals surface area contributed by atoms with Crippen LogP contribution < -0.4 is 4.90 Å². The molecule has 0 bridgehead atoms. The third kappa shape index (κ3) is 3.23.